The van der Waals surface area contributed by atoms with Crippen LogP contribution in [0.5, 0.6) is 0 Å². The Bertz CT molecular complexity index is 901. The number of aliphatic hydroxyl groups is 1. The Morgan fingerprint density at radius 2 is 2.00 bits per heavy atom. The molecule has 5 nitrogen and oxygen atoms in total. The Labute approximate surface area is 150 Å². The highest BCUT2D eigenvalue weighted by atomic mass is 35.5. The lowest BCUT2D eigenvalue weighted by atomic mass is 9.96. The van der Waals surface area contributed by atoms with Crippen molar-refractivity contribution >= 4 is 11.6 Å². The normalized spacial score (nSPS) is 12.6. The van der Waals surface area contributed by atoms with Gasteiger partial charge >= 0.3 is 0 Å². The molecule has 2 heterocycles. The van der Waals surface area contributed by atoms with Crippen LogP contribution in [0.4, 0.5) is 4.39 Å². The van der Waals surface area contributed by atoms with Crippen LogP contribution in [0.15, 0.2) is 30.6 Å². The SMILES string of the molecule is CCn1cc(Cc2cn(C)nc2-c2ccc(F)cc2[C@H](C)O)c(Cl)n1. The van der Waals surface area contributed by atoms with Gasteiger partial charge in [-0.15, -0.1) is 0 Å². The van der Waals surface area contributed by atoms with Crippen molar-refractivity contribution in [1.82, 2.24) is 19.6 Å². The Morgan fingerprint density at radius 3 is 2.64 bits per heavy atom. The third-order valence-corrected chi connectivity index (χ3v) is 4.43. The number of rotatable bonds is 5. The first-order valence-electron chi connectivity index (χ1n) is 8.11. The summed E-state index contributed by atoms with van der Waals surface area (Å²) >= 11 is 6.23. The van der Waals surface area contributed by atoms with Gasteiger partial charge < -0.3 is 5.11 Å². The number of hydrogen-bond donors (Lipinski definition) is 1. The summed E-state index contributed by atoms with van der Waals surface area (Å²) in [5, 5.41) is 19.3. The van der Waals surface area contributed by atoms with Crippen LogP contribution in [-0.2, 0) is 20.0 Å². The molecule has 3 rings (SSSR count). The quantitative estimate of drug-likeness (QED) is 0.752. The van der Waals surface area contributed by atoms with Gasteiger partial charge in [-0.05, 0) is 37.6 Å². The van der Waals surface area contributed by atoms with Crippen LogP contribution in [-0.4, -0.2) is 24.7 Å². The number of aliphatic hydroxyl groups excluding tert-OH is 1. The van der Waals surface area contributed by atoms with E-state index in [1.54, 1.807) is 22.4 Å². The number of aromatic nitrogens is 4. The lowest BCUT2D eigenvalue weighted by Crippen LogP contribution is -1.99. The van der Waals surface area contributed by atoms with Crippen molar-refractivity contribution in [2.24, 2.45) is 7.05 Å². The fourth-order valence-corrected chi connectivity index (χ4v) is 3.13. The lowest BCUT2D eigenvalue weighted by molar-refractivity contribution is 0.199. The van der Waals surface area contributed by atoms with Gasteiger partial charge in [0, 0.05) is 49.1 Å². The summed E-state index contributed by atoms with van der Waals surface area (Å²) in [5.41, 5.74) is 3.77. The zero-order chi connectivity index (χ0) is 18.1. The first-order chi connectivity index (χ1) is 11.9. The third-order valence-electron chi connectivity index (χ3n) is 4.11. The van der Waals surface area contributed by atoms with Crippen LogP contribution in [0.1, 0.15) is 36.6 Å². The zero-order valence-corrected chi connectivity index (χ0v) is 15.1. The van der Waals surface area contributed by atoms with Crippen LogP contribution >= 0.6 is 11.6 Å². The predicted molar refractivity (Wildman–Crippen MR) is 95.0 cm³/mol. The largest absolute Gasteiger partial charge is 0.389 e. The molecule has 2 aromatic heterocycles. The average Bonchev–Trinajstić information content (AvgIpc) is 3.10. The van der Waals surface area contributed by atoms with Crippen molar-refractivity contribution < 1.29 is 9.50 Å². The summed E-state index contributed by atoms with van der Waals surface area (Å²) in [4.78, 5) is 0. The van der Waals surface area contributed by atoms with E-state index in [1.807, 2.05) is 26.4 Å². The van der Waals surface area contributed by atoms with E-state index in [-0.39, 0.29) is 5.82 Å². The van der Waals surface area contributed by atoms with Crippen LogP contribution in [0.25, 0.3) is 11.3 Å². The molecular weight excluding hydrogens is 343 g/mol. The number of aryl methyl sites for hydroxylation is 2. The van der Waals surface area contributed by atoms with Crippen molar-refractivity contribution in [1.29, 1.82) is 0 Å². The molecule has 0 saturated carbocycles. The standard InChI is InChI=1S/C18H20ClFN4O/c1-4-24-10-13(18(19)22-24)7-12-9-23(3)21-17(12)15-6-5-14(20)8-16(15)11(2)25/h5-6,8-11,25H,4,7H2,1-3H3/t11-/m0/s1. The summed E-state index contributed by atoms with van der Waals surface area (Å²) in [6.07, 6.45) is 3.58. The van der Waals surface area contributed by atoms with Gasteiger partial charge in [-0.1, -0.05) is 11.6 Å². The summed E-state index contributed by atoms with van der Waals surface area (Å²) in [6.45, 7) is 4.35. The van der Waals surface area contributed by atoms with Crippen molar-refractivity contribution in [3.63, 3.8) is 0 Å². The first kappa shape index (κ1) is 17.6. The second-order valence-electron chi connectivity index (χ2n) is 6.06. The molecule has 0 amide bonds. The Morgan fingerprint density at radius 1 is 1.24 bits per heavy atom. The predicted octanol–water partition coefficient (Wildman–Crippen LogP) is 3.74. The minimum Gasteiger partial charge on any atom is -0.389 e. The Balaban J connectivity index is 2.06. The van der Waals surface area contributed by atoms with Gasteiger partial charge in [-0.3, -0.25) is 9.36 Å². The molecule has 1 atom stereocenters. The second-order valence-corrected chi connectivity index (χ2v) is 6.42. The molecule has 1 N–H and O–H groups in total. The van der Waals surface area contributed by atoms with E-state index in [0.29, 0.717) is 28.4 Å². The molecule has 0 aliphatic heterocycles. The highest BCUT2D eigenvalue weighted by Gasteiger charge is 2.19. The molecule has 25 heavy (non-hydrogen) atoms. The van der Waals surface area contributed by atoms with E-state index in [0.717, 1.165) is 17.7 Å². The summed E-state index contributed by atoms with van der Waals surface area (Å²) in [6, 6.07) is 4.38. The Kier molecular flexibility index (Phi) is 4.92. The van der Waals surface area contributed by atoms with Crippen LogP contribution in [0, 0.1) is 5.82 Å². The smallest absolute Gasteiger partial charge is 0.154 e. The van der Waals surface area contributed by atoms with E-state index in [1.165, 1.54) is 12.1 Å². The highest BCUT2D eigenvalue weighted by molar-refractivity contribution is 6.30. The molecule has 0 fully saturated rings. The number of hydrogen-bond acceptors (Lipinski definition) is 3. The molecule has 0 aliphatic rings. The highest BCUT2D eigenvalue weighted by Crippen LogP contribution is 2.32. The monoisotopic (exact) mass is 362 g/mol. The number of benzene rings is 1. The van der Waals surface area contributed by atoms with E-state index in [2.05, 4.69) is 10.2 Å². The molecule has 1 aromatic carbocycles. The molecule has 0 bridgehead atoms. The van der Waals surface area contributed by atoms with Crippen molar-refractivity contribution in [3.05, 3.63) is 58.3 Å². The maximum absolute atomic E-state index is 13.6. The van der Waals surface area contributed by atoms with Crippen molar-refractivity contribution in [2.75, 3.05) is 0 Å². The van der Waals surface area contributed by atoms with E-state index in [9.17, 15) is 9.50 Å². The maximum atomic E-state index is 13.6. The van der Waals surface area contributed by atoms with E-state index in [4.69, 9.17) is 11.6 Å². The fourth-order valence-electron chi connectivity index (χ4n) is 2.91. The molecule has 0 spiro atoms. The van der Waals surface area contributed by atoms with Gasteiger partial charge in [0.25, 0.3) is 0 Å². The van der Waals surface area contributed by atoms with Gasteiger partial charge in [0.1, 0.15) is 5.82 Å². The molecule has 132 valence electrons. The first-order valence-corrected chi connectivity index (χ1v) is 8.49. The minimum atomic E-state index is -0.799. The molecule has 0 aliphatic carbocycles. The number of nitrogens with zero attached hydrogens (tertiary/aromatic N) is 4. The molecule has 3 aromatic rings. The lowest BCUT2D eigenvalue weighted by Gasteiger charge is -2.12. The minimum absolute atomic E-state index is 0.385. The van der Waals surface area contributed by atoms with Gasteiger partial charge in [0.15, 0.2) is 5.15 Å². The molecular formula is C18H20ClFN4O. The summed E-state index contributed by atoms with van der Waals surface area (Å²) in [7, 11) is 1.83. The molecule has 0 unspecified atom stereocenters. The van der Waals surface area contributed by atoms with Crippen molar-refractivity contribution in [2.45, 2.75) is 32.9 Å². The zero-order valence-electron chi connectivity index (χ0n) is 14.4. The summed E-state index contributed by atoms with van der Waals surface area (Å²) in [5.74, 6) is -0.385. The average molecular weight is 363 g/mol. The van der Waals surface area contributed by atoms with Crippen LogP contribution in [0.3, 0.4) is 0 Å². The fraction of sp³-hybridized carbons (Fsp3) is 0.333. The summed E-state index contributed by atoms with van der Waals surface area (Å²) < 4.78 is 17.1. The topological polar surface area (TPSA) is 55.9 Å². The molecule has 0 saturated heterocycles. The molecule has 7 heteroatoms. The third kappa shape index (κ3) is 3.60. The number of halogens is 2. The van der Waals surface area contributed by atoms with Crippen LogP contribution < -0.4 is 0 Å². The maximum Gasteiger partial charge on any atom is 0.154 e. The van der Waals surface area contributed by atoms with Gasteiger partial charge in [-0.2, -0.15) is 10.2 Å². The van der Waals surface area contributed by atoms with Crippen molar-refractivity contribution in [3.8, 4) is 11.3 Å². The Hall–Kier alpha value is -2.18. The van der Waals surface area contributed by atoms with Gasteiger partial charge in [0.2, 0.25) is 0 Å². The van der Waals surface area contributed by atoms with Gasteiger partial charge in [0.05, 0.1) is 11.8 Å². The van der Waals surface area contributed by atoms with Gasteiger partial charge in [-0.25, -0.2) is 4.39 Å². The van der Waals surface area contributed by atoms with E-state index >= 15 is 0 Å². The molecule has 0 radical (unpaired) electrons. The van der Waals surface area contributed by atoms with Crippen LogP contribution in [0.2, 0.25) is 5.15 Å². The van der Waals surface area contributed by atoms with E-state index < -0.39 is 6.10 Å². The second kappa shape index (κ2) is 6.98.